The summed E-state index contributed by atoms with van der Waals surface area (Å²) >= 11 is 1.50. The zero-order valence-corrected chi connectivity index (χ0v) is 15.4. The first kappa shape index (κ1) is 17.1. The third kappa shape index (κ3) is 3.10. The van der Waals surface area contributed by atoms with Crippen molar-refractivity contribution in [3.63, 3.8) is 0 Å². The van der Waals surface area contributed by atoms with Crippen LogP contribution in [-0.4, -0.2) is 39.5 Å². The van der Waals surface area contributed by atoms with Crippen LogP contribution in [0.2, 0.25) is 0 Å². The van der Waals surface area contributed by atoms with Crippen LogP contribution in [0.1, 0.15) is 35.5 Å². The van der Waals surface area contributed by atoms with E-state index in [1.165, 1.54) is 11.8 Å². The van der Waals surface area contributed by atoms with Crippen molar-refractivity contribution in [1.29, 1.82) is 0 Å². The Hall–Kier alpha value is -2.32. The molecule has 0 unspecified atom stereocenters. The first-order chi connectivity index (χ1) is 12.5. The lowest BCUT2D eigenvalue weighted by atomic mass is 10.1. The normalized spacial score (nSPS) is 24.8. The highest BCUT2D eigenvalue weighted by Gasteiger charge is 2.33. The number of nitrogens with one attached hydrogen (secondary N) is 2. The van der Waals surface area contributed by atoms with Crippen LogP contribution in [0.3, 0.4) is 0 Å². The van der Waals surface area contributed by atoms with Crippen molar-refractivity contribution in [3.05, 3.63) is 41.7 Å². The van der Waals surface area contributed by atoms with Crippen LogP contribution in [0.5, 0.6) is 0 Å². The molecule has 2 N–H and O–H groups in total. The van der Waals surface area contributed by atoms with Gasteiger partial charge in [-0.05, 0) is 37.6 Å². The second-order valence-corrected chi connectivity index (χ2v) is 7.88. The van der Waals surface area contributed by atoms with Crippen LogP contribution in [0.4, 0.5) is 5.69 Å². The highest BCUT2D eigenvalue weighted by molar-refractivity contribution is 8.00. The molecule has 0 aliphatic carbocycles. The summed E-state index contributed by atoms with van der Waals surface area (Å²) in [5.74, 6) is -0.214. The van der Waals surface area contributed by atoms with Crippen LogP contribution in [0, 0.1) is 0 Å². The number of ether oxygens (including phenoxy) is 1. The van der Waals surface area contributed by atoms with E-state index >= 15 is 0 Å². The van der Waals surface area contributed by atoms with Gasteiger partial charge in [-0.2, -0.15) is 5.10 Å². The number of fused-ring (bicyclic) bond motifs is 1. The van der Waals surface area contributed by atoms with Crippen molar-refractivity contribution >= 4 is 29.3 Å². The third-order valence-corrected chi connectivity index (χ3v) is 5.91. The van der Waals surface area contributed by atoms with E-state index in [4.69, 9.17) is 4.74 Å². The van der Waals surface area contributed by atoms with Gasteiger partial charge in [-0.3, -0.25) is 14.3 Å². The average Bonchev–Trinajstić information content (AvgIpc) is 3.23. The number of carbonyl (C=O) groups is 2. The minimum atomic E-state index is -0.208. The summed E-state index contributed by atoms with van der Waals surface area (Å²) in [4.78, 5) is 25.6. The monoisotopic (exact) mass is 372 g/mol. The number of nitrogens with zero attached hydrogens (tertiary/aromatic N) is 2. The van der Waals surface area contributed by atoms with Crippen LogP contribution >= 0.6 is 11.8 Å². The van der Waals surface area contributed by atoms with Crippen LogP contribution in [0.25, 0.3) is 0 Å². The van der Waals surface area contributed by atoms with Crippen LogP contribution in [0.15, 0.2) is 35.4 Å². The predicted octanol–water partition coefficient (Wildman–Crippen LogP) is 2.11. The fourth-order valence-electron chi connectivity index (χ4n) is 3.29. The second-order valence-electron chi connectivity index (χ2n) is 6.50. The number of thioether (sulfide) groups is 1. The maximum absolute atomic E-state index is 12.7. The lowest BCUT2D eigenvalue weighted by Crippen LogP contribution is -2.37. The molecule has 7 nitrogen and oxygen atoms in total. The molecule has 0 bridgehead atoms. The van der Waals surface area contributed by atoms with Gasteiger partial charge in [0.25, 0.3) is 5.91 Å². The Morgan fingerprint density at radius 3 is 3.04 bits per heavy atom. The SMILES string of the molecule is C[C@H]1Sc2ccc(C(=O)N[C@H]3CCO[C@@H]3c3ccnn3C)cc2NC1=O. The van der Waals surface area contributed by atoms with Crippen molar-refractivity contribution in [2.75, 3.05) is 11.9 Å². The Labute approximate surface area is 155 Å². The number of carbonyl (C=O) groups excluding carboxylic acids is 2. The maximum Gasteiger partial charge on any atom is 0.251 e. The van der Waals surface area contributed by atoms with Crippen molar-refractivity contribution in [2.24, 2.45) is 7.05 Å². The fraction of sp³-hybridized carbons (Fsp3) is 0.389. The van der Waals surface area contributed by atoms with E-state index in [1.54, 1.807) is 23.0 Å². The van der Waals surface area contributed by atoms with Gasteiger partial charge in [0.05, 0.1) is 22.7 Å². The van der Waals surface area contributed by atoms with E-state index in [2.05, 4.69) is 15.7 Å². The molecule has 2 aromatic rings. The number of rotatable bonds is 3. The largest absolute Gasteiger partial charge is 0.370 e. The topological polar surface area (TPSA) is 85.2 Å². The number of amides is 2. The second kappa shape index (κ2) is 6.77. The fourth-order valence-corrected chi connectivity index (χ4v) is 4.22. The van der Waals surface area contributed by atoms with Gasteiger partial charge in [-0.15, -0.1) is 11.8 Å². The molecule has 2 amide bonds. The van der Waals surface area contributed by atoms with E-state index in [9.17, 15) is 9.59 Å². The molecule has 0 spiro atoms. The lowest BCUT2D eigenvalue weighted by Gasteiger charge is -2.23. The summed E-state index contributed by atoms with van der Waals surface area (Å²) in [6.07, 6.45) is 2.26. The summed E-state index contributed by atoms with van der Waals surface area (Å²) in [7, 11) is 1.86. The number of aromatic nitrogens is 2. The predicted molar refractivity (Wildman–Crippen MR) is 98.2 cm³/mol. The number of aryl methyl sites for hydroxylation is 1. The van der Waals surface area contributed by atoms with Gasteiger partial charge in [0.15, 0.2) is 0 Å². The molecule has 3 atom stereocenters. The van der Waals surface area contributed by atoms with Gasteiger partial charge in [0.1, 0.15) is 6.10 Å². The minimum absolute atomic E-state index is 0.0412. The van der Waals surface area contributed by atoms with E-state index in [0.717, 1.165) is 17.0 Å². The number of hydrogen-bond acceptors (Lipinski definition) is 5. The molecule has 8 heteroatoms. The molecule has 2 aliphatic rings. The molecule has 3 heterocycles. The molecule has 2 aliphatic heterocycles. The smallest absolute Gasteiger partial charge is 0.251 e. The van der Waals surface area contributed by atoms with Crippen LogP contribution in [-0.2, 0) is 16.6 Å². The van der Waals surface area contributed by atoms with Crippen molar-refractivity contribution in [3.8, 4) is 0 Å². The summed E-state index contributed by atoms with van der Waals surface area (Å²) in [6.45, 7) is 2.46. The molecule has 136 valence electrons. The van der Waals surface area contributed by atoms with Gasteiger partial charge in [-0.1, -0.05) is 0 Å². The van der Waals surface area contributed by atoms with Crippen molar-refractivity contribution < 1.29 is 14.3 Å². The van der Waals surface area contributed by atoms with Crippen molar-refractivity contribution in [2.45, 2.75) is 35.6 Å². The van der Waals surface area contributed by atoms with Gasteiger partial charge in [0, 0.05) is 30.3 Å². The van der Waals surface area contributed by atoms with Gasteiger partial charge in [-0.25, -0.2) is 0 Å². The quantitative estimate of drug-likeness (QED) is 0.862. The molecule has 1 saturated heterocycles. The van der Waals surface area contributed by atoms with Crippen LogP contribution < -0.4 is 10.6 Å². The summed E-state index contributed by atoms with van der Waals surface area (Å²) < 4.78 is 7.57. The Morgan fingerprint density at radius 2 is 2.27 bits per heavy atom. The lowest BCUT2D eigenvalue weighted by molar-refractivity contribution is -0.115. The Kier molecular flexibility index (Phi) is 4.46. The summed E-state index contributed by atoms with van der Waals surface area (Å²) in [6, 6.07) is 7.20. The molecular weight excluding hydrogens is 352 g/mol. The molecule has 1 aromatic heterocycles. The first-order valence-corrected chi connectivity index (χ1v) is 9.43. The number of anilines is 1. The molecular formula is C18H20N4O3S. The zero-order chi connectivity index (χ0) is 18.3. The highest BCUT2D eigenvalue weighted by Crippen LogP contribution is 2.36. The first-order valence-electron chi connectivity index (χ1n) is 8.55. The molecule has 26 heavy (non-hydrogen) atoms. The summed E-state index contributed by atoms with van der Waals surface area (Å²) in [5, 5.41) is 9.97. The van der Waals surface area contributed by atoms with Gasteiger partial charge < -0.3 is 15.4 Å². The Balaban J connectivity index is 1.51. The third-order valence-electron chi connectivity index (χ3n) is 4.73. The number of hydrogen-bond donors (Lipinski definition) is 2. The molecule has 1 aromatic carbocycles. The number of benzene rings is 1. The van der Waals surface area contributed by atoms with E-state index in [0.29, 0.717) is 17.9 Å². The highest BCUT2D eigenvalue weighted by atomic mass is 32.2. The minimum Gasteiger partial charge on any atom is -0.370 e. The van der Waals surface area contributed by atoms with Gasteiger partial charge in [0.2, 0.25) is 5.91 Å². The summed E-state index contributed by atoms with van der Waals surface area (Å²) in [5.41, 5.74) is 2.15. The molecule has 0 saturated carbocycles. The Bertz CT molecular complexity index is 866. The molecule has 1 fully saturated rings. The molecule has 0 radical (unpaired) electrons. The van der Waals surface area contributed by atoms with Crippen molar-refractivity contribution in [1.82, 2.24) is 15.1 Å². The Morgan fingerprint density at radius 1 is 1.42 bits per heavy atom. The van der Waals surface area contributed by atoms with E-state index < -0.39 is 0 Å². The van der Waals surface area contributed by atoms with E-state index in [-0.39, 0.29) is 29.2 Å². The van der Waals surface area contributed by atoms with E-state index in [1.807, 2.05) is 26.1 Å². The van der Waals surface area contributed by atoms with Gasteiger partial charge >= 0.3 is 0 Å². The zero-order valence-electron chi connectivity index (χ0n) is 14.6. The standard InChI is InChI=1S/C18H20N4O3S/c1-10-17(23)21-13-9-11(3-4-15(13)26-10)18(24)20-12-6-8-25-16(12)14-5-7-19-22(14)2/h3-5,7,9-10,12,16H,6,8H2,1-2H3,(H,20,24)(H,21,23)/t10-,12+,16+/m1/s1. The maximum atomic E-state index is 12.7. The average molecular weight is 372 g/mol. The molecule has 4 rings (SSSR count).